The molecular formula is C66H46N2Si. The maximum atomic E-state index is 9.48. The molecule has 0 saturated carbocycles. The maximum absolute atomic E-state index is 9.48. The first kappa shape index (κ1) is 33.7. The van der Waals surface area contributed by atoms with Gasteiger partial charge in [0.25, 0.3) is 0 Å². The summed E-state index contributed by atoms with van der Waals surface area (Å²) in [5, 5.41) is 7.22. The van der Waals surface area contributed by atoms with Crippen LogP contribution in [0.4, 0.5) is 0 Å². The number of para-hydroxylation sites is 3. The fourth-order valence-corrected chi connectivity index (χ4v) is 15.6. The molecule has 0 aliphatic carbocycles. The number of aromatic nitrogens is 2. The van der Waals surface area contributed by atoms with Crippen molar-refractivity contribution >= 4 is 72.4 Å². The van der Waals surface area contributed by atoms with E-state index >= 15 is 0 Å². The highest BCUT2D eigenvalue weighted by molar-refractivity contribution is 7.20. The van der Waals surface area contributed by atoms with Gasteiger partial charge in [-0.25, -0.2) is 0 Å². The van der Waals surface area contributed by atoms with Crippen molar-refractivity contribution in [2.24, 2.45) is 0 Å². The van der Waals surface area contributed by atoms with Crippen molar-refractivity contribution in [2.75, 3.05) is 0 Å². The van der Waals surface area contributed by atoms with E-state index in [1.807, 2.05) is 42.5 Å². The first-order valence-corrected chi connectivity index (χ1v) is 25.3. The molecule has 0 saturated heterocycles. The predicted octanol–water partition coefficient (Wildman–Crippen LogP) is 14.3. The first-order valence-electron chi connectivity index (χ1n) is 26.8. The summed E-state index contributed by atoms with van der Waals surface area (Å²) >= 11 is 0. The van der Waals surface area contributed by atoms with Gasteiger partial charge in [-0.1, -0.05) is 249 Å². The van der Waals surface area contributed by atoms with E-state index in [-0.39, 0.29) is 46.5 Å². The largest absolute Gasteiger partial charge is 0.309 e. The third-order valence-corrected chi connectivity index (χ3v) is 18.5. The molecule has 13 rings (SSSR count). The quantitative estimate of drug-likeness (QED) is 0.101. The second-order valence-electron chi connectivity index (χ2n) is 17.5. The lowest BCUT2D eigenvalue weighted by Crippen LogP contribution is -2.74. The zero-order valence-corrected chi connectivity index (χ0v) is 38.4. The van der Waals surface area contributed by atoms with Crippen LogP contribution >= 0.6 is 0 Å². The summed E-state index contributed by atoms with van der Waals surface area (Å²) in [6.07, 6.45) is 0. The van der Waals surface area contributed by atoms with Gasteiger partial charge in [-0.2, -0.15) is 0 Å². The third kappa shape index (κ3) is 6.54. The van der Waals surface area contributed by atoms with Crippen LogP contribution in [0.15, 0.2) is 279 Å². The average molecular weight is 902 g/mol. The molecule has 2 aromatic heterocycles. The molecule has 13 aromatic rings. The molecule has 3 heteroatoms. The molecule has 0 amide bonds. The van der Waals surface area contributed by atoms with Gasteiger partial charge in [-0.05, 0) is 67.7 Å². The lowest BCUT2D eigenvalue weighted by atomic mass is 9.95. The second-order valence-corrected chi connectivity index (χ2v) is 21.3. The Kier molecular flexibility index (Phi) is 8.21. The highest BCUT2D eigenvalue weighted by atomic mass is 28.3. The molecule has 2 nitrogen and oxygen atoms in total. The first-order chi connectivity index (χ1) is 37.2. The smallest absolute Gasteiger partial charge is 0.179 e. The average Bonchev–Trinajstić information content (AvgIpc) is 4.21. The van der Waals surface area contributed by atoms with E-state index in [1.54, 1.807) is 4.57 Å². The molecular weight excluding hydrogens is 849 g/mol. The Balaban J connectivity index is 1.18. The number of benzene rings is 11. The van der Waals surface area contributed by atoms with Crippen LogP contribution in [0, 0.1) is 0 Å². The fourth-order valence-electron chi connectivity index (χ4n) is 10.8. The summed E-state index contributed by atoms with van der Waals surface area (Å²) in [6.45, 7) is 0. The Morgan fingerprint density at radius 1 is 0.304 bits per heavy atom. The van der Waals surface area contributed by atoms with Gasteiger partial charge in [0.15, 0.2) is 8.07 Å². The van der Waals surface area contributed by atoms with Gasteiger partial charge in [0.05, 0.1) is 37.3 Å². The molecule has 2 heterocycles. The Morgan fingerprint density at radius 3 is 1.33 bits per heavy atom. The van der Waals surface area contributed by atoms with Gasteiger partial charge in [-0.3, -0.25) is 0 Å². The molecule has 0 bridgehead atoms. The van der Waals surface area contributed by atoms with Crippen LogP contribution in [0.2, 0.25) is 0 Å². The summed E-state index contributed by atoms with van der Waals surface area (Å²) in [5.74, 6) is 0. The van der Waals surface area contributed by atoms with Crippen LogP contribution in [0.1, 0.15) is 9.60 Å². The zero-order valence-electron chi connectivity index (χ0n) is 44.4. The van der Waals surface area contributed by atoms with E-state index in [0.29, 0.717) is 22.3 Å². The van der Waals surface area contributed by atoms with Gasteiger partial charge in [0.2, 0.25) is 0 Å². The van der Waals surface area contributed by atoms with Crippen molar-refractivity contribution in [3.05, 3.63) is 279 Å². The topological polar surface area (TPSA) is 9.86 Å². The number of fused-ring (bicyclic) bond motifs is 6. The molecule has 0 atom stereocenters. The van der Waals surface area contributed by atoms with Crippen molar-refractivity contribution in [3.8, 4) is 44.8 Å². The fraction of sp³-hybridized carbons (Fsp3) is 0. The van der Waals surface area contributed by atoms with Crippen molar-refractivity contribution in [3.63, 3.8) is 0 Å². The molecule has 0 radical (unpaired) electrons. The molecule has 324 valence electrons. The Hall–Kier alpha value is -8.76. The molecule has 11 aromatic carbocycles. The van der Waals surface area contributed by atoms with Crippen LogP contribution in [0.25, 0.3) is 88.4 Å². The number of hydrogen-bond acceptors (Lipinski definition) is 0. The van der Waals surface area contributed by atoms with E-state index in [4.69, 9.17) is 4.11 Å². The summed E-state index contributed by atoms with van der Waals surface area (Å²) in [5.41, 5.74) is 9.20. The van der Waals surface area contributed by atoms with Gasteiger partial charge in [0.1, 0.15) is 0 Å². The van der Waals surface area contributed by atoms with E-state index in [2.05, 4.69) is 199 Å². The molecule has 0 N–H and O–H groups in total. The van der Waals surface area contributed by atoms with E-state index in [1.165, 1.54) is 20.7 Å². The minimum Gasteiger partial charge on any atom is -0.309 e. The Bertz CT molecular complexity index is 4240. The second kappa shape index (κ2) is 16.8. The van der Waals surface area contributed by atoms with Gasteiger partial charge in [-0.15, -0.1) is 0 Å². The van der Waals surface area contributed by atoms with Crippen LogP contribution < -0.4 is 20.7 Å². The van der Waals surface area contributed by atoms with Crippen molar-refractivity contribution in [1.82, 2.24) is 9.13 Å². The highest BCUT2D eigenvalue weighted by Crippen LogP contribution is 2.44. The van der Waals surface area contributed by atoms with Crippen LogP contribution in [0.5, 0.6) is 0 Å². The monoisotopic (exact) mass is 901 g/mol. The molecule has 69 heavy (non-hydrogen) atoms. The van der Waals surface area contributed by atoms with Crippen LogP contribution in [0.3, 0.4) is 0 Å². The standard InChI is InChI=1S/C66H46N2Si/c1-7-24-47(25-8-1)55-38-23-39-58-56-36-19-21-40-62(56)67(65(55)58)50-42-43-64-61(44-50)57-37-20-22-41-63(57)68(64)66-59(48-26-9-2-10-27-48)45-54(46-60(66)49-28-11-3-12-29-49)69(51-30-13-4-14-31-51,52-32-15-5-16-33-52)53-34-17-6-18-35-53/h1-46H/i19D,21D,23D,36D,38D,39D,40D. The van der Waals surface area contributed by atoms with Crippen molar-refractivity contribution in [1.29, 1.82) is 0 Å². The molecule has 0 unspecified atom stereocenters. The number of hydrogen-bond donors (Lipinski definition) is 0. The van der Waals surface area contributed by atoms with Gasteiger partial charge in [0, 0.05) is 43.9 Å². The van der Waals surface area contributed by atoms with Crippen molar-refractivity contribution in [2.45, 2.75) is 0 Å². The lowest BCUT2D eigenvalue weighted by Gasteiger charge is -2.36. The van der Waals surface area contributed by atoms with E-state index < -0.39 is 20.2 Å². The minimum absolute atomic E-state index is 0.139. The minimum atomic E-state index is -3.09. The number of rotatable bonds is 9. The van der Waals surface area contributed by atoms with Crippen molar-refractivity contribution < 1.29 is 9.60 Å². The molecule has 0 spiro atoms. The van der Waals surface area contributed by atoms with Crippen LogP contribution in [-0.4, -0.2) is 17.2 Å². The van der Waals surface area contributed by atoms with Crippen LogP contribution in [-0.2, 0) is 0 Å². The van der Waals surface area contributed by atoms with Gasteiger partial charge < -0.3 is 9.13 Å². The molecule has 0 aliphatic rings. The molecule has 0 aliphatic heterocycles. The Labute approximate surface area is 413 Å². The normalized spacial score (nSPS) is 13.2. The summed E-state index contributed by atoms with van der Waals surface area (Å²) in [7, 11) is -3.09. The van der Waals surface area contributed by atoms with Gasteiger partial charge >= 0.3 is 0 Å². The maximum Gasteiger partial charge on any atom is 0.179 e. The summed E-state index contributed by atoms with van der Waals surface area (Å²) in [4.78, 5) is 0. The lowest BCUT2D eigenvalue weighted by molar-refractivity contribution is 1.17. The van der Waals surface area contributed by atoms with E-state index in [9.17, 15) is 5.48 Å². The predicted molar refractivity (Wildman–Crippen MR) is 295 cm³/mol. The molecule has 0 fully saturated rings. The highest BCUT2D eigenvalue weighted by Gasteiger charge is 2.42. The zero-order chi connectivity index (χ0) is 51.8. The SMILES string of the molecule is [2H]c1c([2H])c([2H])c2c(c1[2H])c1c([2H])c([2H])c([2H])c(-c3ccccc3)c1n2-c1ccc2c(c1)c1ccccc1n2-c1c(-c2ccccc2)cc([Si](c2ccccc2)(c2ccccc2)c2ccccc2)cc1-c1ccccc1. The third-order valence-electron chi connectivity index (χ3n) is 13.7. The summed E-state index contributed by atoms with van der Waals surface area (Å²) in [6, 6.07) is 80.8. The number of nitrogens with zero attached hydrogens (tertiary/aromatic N) is 2. The summed E-state index contributed by atoms with van der Waals surface area (Å²) < 4.78 is 68.6. The van der Waals surface area contributed by atoms with E-state index in [0.717, 1.165) is 49.7 Å². The Morgan fingerprint density at radius 2 is 0.768 bits per heavy atom.